The Morgan fingerprint density at radius 3 is 2.69 bits per heavy atom. The summed E-state index contributed by atoms with van der Waals surface area (Å²) in [6, 6.07) is 8.03. The maximum Gasteiger partial charge on any atom is 0.223 e. The molecule has 1 atom stereocenters. The molecule has 1 aliphatic rings. The predicted molar refractivity (Wildman–Crippen MR) is 111 cm³/mol. The summed E-state index contributed by atoms with van der Waals surface area (Å²) in [6.45, 7) is 3.39. The van der Waals surface area contributed by atoms with Crippen molar-refractivity contribution in [2.75, 3.05) is 13.1 Å². The smallest absolute Gasteiger partial charge is 0.223 e. The number of carbonyl (C=O) groups excluding carboxylic acids is 1. The fourth-order valence-electron chi connectivity index (χ4n) is 3.04. The van der Waals surface area contributed by atoms with Gasteiger partial charge in [-0.15, -0.1) is 24.8 Å². The van der Waals surface area contributed by atoms with Crippen LogP contribution in [0.4, 0.5) is 0 Å². The average Bonchev–Trinajstić information content (AvgIpc) is 2.94. The van der Waals surface area contributed by atoms with Gasteiger partial charge in [0.15, 0.2) is 11.7 Å². The van der Waals surface area contributed by atoms with Gasteiger partial charge in [-0.2, -0.15) is 0 Å². The highest BCUT2D eigenvalue weighted by atomic mass is 79.9. The van der Waals surface area contributed by atoms with E-state index in [4.69, 9.17) is 10.2 Å². The van der Waals surface area contributed by atoms with Crippen molar-refractivity contribution < 1.29 is 9.21 Å². The molecule has 1 amide bonds. The molecule has 1 saturated heterocycles. The Kier molecular flexibility index (Phi) is 9.10. The molecule has 1 aromatic heterocycles. The second-order valence-electron chi connectivity index (χ2n) is 6.27. The van der Waals surface area contributed by atoms with Crippen molar-refractivity contribution in [2.45, 2.75) is 38.6 Å². The number of aromatic nitrogens is 1. The number of nitrogens with zero attached hydrogens (tertiary/aromatic N) is 2. The zero-order valence-electron chi connectivity index (χ0n) is 14.6. The van der Waals surface area contributed by atoms with Gasteiger partial charge in [-0.1, -0.05) is 28.1 Å². The van der Waals surface area contributed by atoms with Crippen molar-refractivity contribution in [3.05, 3.63) is 40.3 Å². The molecule has 0 aliphatic carbocycles. The van der Waals surface area contributed by atoms with Gasteiger partial charge in [0.2, 0.25) is 5.91 Å². The first-order valence-corrected chi connectivity index (χ1v) is 9.08. The molecule has 2 N–H and O–H groups in total. The van der Waals surface area contributed by atoms with E-state index >= 15 is 0 Å². The van der Waals surface area contributed by atoms with Crippen molar-refractivity contribution in [3.63, 3.8) is 0 Å². The molecule has 2 heterocycles. The maximum absolute atomic E-state index is 12.3. The normalized spacial score (nSPS) is 16.6. The van der Waals surface area contributed by atoms with Crippen LogP contribution in [0.15, 0.2) is 33.2 Å². The van der Waals surface area contributed by atoms with Crippen LogP contribution in [0.25, 0.3) is 11.3 Å². The van der Waals surface area contributed by atoms with Crippen LogP contribution < -0.4 is 5.73 Å². The van der Waals surface area contributed by atoms with E-state index in [0.29, 0.717) is 25.3 Å². The van der Waals surface area contributed by atoms with Gasteiger partial charge in [-0.05, 0) is 31.9 Å². The van der Waals surface area contributed by atoms with Gasteiger partial charge in [0.25, 0.3) is 0 Å². The molecular formula is C18H24BrCl2N3O2. The van der Waals surface area contributed by atoms with Crippen molar-refractivity contribution in [2.24, 2.45) is 5.73 Å². The number of aryl methyl sites for hydroxylation is 2. The highest BCUT2D eigenvalue weighted by Crippen LogP contribution is 2.26. The van der Waals surface area contributed by atoms with Crippen molar-refractivity contribution in [1.29, 1.82) is 0 Å². The number of halogens is 3. The van der Waals surface area contributed by atoms with Crippen LogP contribution in [0.5, 0.6) is 0 Å². The fraction of sp³-hybridized carbons (Fsp3) is 0.444. The number of amides is 1. The minimum absolute atomic E-state index is 0. The van der Waals surface area contributed by atoms with E-state index in [1.807, 2.05) is 36.1 Å². The number of benzene rings is 1. The van der Waals surface area contributed by atoms with Crippen molar-refractivity contribution >= 4 is 46.7 Å². The van der Waals surface area contributed by atoms with Crippen LogP contribution in [0.2, 0.25) is 0 Å². The molecule has 0 bridgehead atoms. The third kappa shape index (κ3) is 5.71. The molecule has 144 valence electrons. The summed E-state index contributed by atoms with van der Waals surface area (Å²) < 4.78 is 6.90. The number of piperidine rings is 1. The molecule has 1 fully saturated rings. The highest BCUT2D eigenvalue weighted by molar-refractivity contribution is 9.10. The van der Waals surface area contributed by atoms with E-state index in [-0.39, 0.29) is 36.8 Å². The minimum atomic E-state index is 0. The Balaban J connectivity index is 0.00000169. The quantitative estimate of drug-likeness (QED) is 0.737. The van der Waals surface area contributed by atoms with Gasteiger partial charge >= 0.3 is 0 Å². The number of likely N-dealkylation sites (tertiary alicyclic amines) is 1. The lowest BCUT2D eigenvalue weighted by molar-refractivity contribution is -0.132. The molecule has 1 aliphatic heterocycles. The van der Waals surface area contributed by atoms with Crippen LogP contribution in [0.1, 0.15) is 30.8 Å². The van der Waals surface area contributed by atoms with Gasteiger partial charge in [0, 0.05) is 42.0 Å². The van der Waals surface area contributed by atoms with Gasteiger partial charge in [-0.25, -0.2) is 4.98 Å². The number of hydrogen-bond donors (Lipinski definition) is 1. The van der Waals surface area contributed by atoms with Gasteiger partial charge in [0.05, 0.1) is 5.69 Å². The third-order valence-electron chi connectivity index (χ3n) is 4.31. The van der Waals surface area contributed by atoms with Gasteiger partial charge in [-0.3, -0.25) is 4.79 Å². The summed E-state index contributed by atoms with van der Waals surface area (Å²) in [5.74, 6) is 1.51. The van der Waals surface area contributed by atoms with Crippen LogP contribution in [0, 0.1) is 6.92 Å². The molecule has 5 nitrogen and oxygen atoms in total. The van der Waals surface area contributed by atoms with E-state index < -0.39 is 0 Å². The molecule has 0 spiro atoms. The van der Waals surface area contributed by atoms with E-state index in [2.05, 4.69) is 20.9 Å². The minimum Gasteiger partial charge on any atom is -0.440 e. The lowest BCUT2D eigenvalue weighted by atomic mass is 10.1. The van der Waals surface area contributed by atoms with E-state index in [9.17, 15) is 4.79 Å². The highest BCUT2D eigenvalue weighted by Gasteiger charge is 2.21. The van der Waals surface area contributed by atoms with E-state index in [1.165, 1.54) is 0 Å². The number of rotatable bonds is 4. The summed E-state index contributed by atoms with van der Waals surface area (Å²) in [5.41, 5.74) is 7.78. The van der Waals surface area contributed by atoms with Crippen LogP contribution >= 0.6 is 40.7 Å². The van der Waals surface area contributed by atoms with Crippen molar-refractivity contribution in [3.8, 4) is 11.3 Å². The molecule has 8 heteroatoms. The largest absolute Gasteiger partial charge is 0.440 e. The zero-order chi connectivity index (χ0) is 17.1. The summed E-state index contributed by atoms with van der Waals surface area (Å²) >= 11 is 3.43. The SMILES string of the molecule is Cc1nc(CCC(=O)N2CCCC(N)C2)oc1-c1ccc(Br)cc1.Cl.Cl. The first-order valence-electron chi connectivity index (χ1n) is 8.28. The predicted octanol–water partition coefficient (Wildman–Crippen LogP) is 4.14. The lowest BCUT2D eigenvalue weighted by Gasteiger charge is -2.30. The Hall–Kier alpha value is -1.08. The Labute approximate surface area is 174 Å². The summed E-state index contributed by atoms with van der Waals surface area (Å²) in [7, 11) is 0. The van der Waals surface area contributed by atoms with Crippen LogP contribution in [-0.2, 0) is 11.2 Å². The monoisotopic (exact) mass is 463 g/mol. The third-order valence-corrected chi connectivity index (χ3v) is 4.84. The molecule has 2 aromatic rings. The summed E-state index contributed by atoms with van der Waals surface area (Å²) in [6.07, 6.45) is 2.91. The Morgan fingerprint density at radius 1 is 1.35 bits per heavy atom. The standard InChI is InChI=1S/C18H22BrN3O2.2ClH/c1-12-18(13-4-6-14(19)7-5-13)24-16(21-12)8-9-17(23)22-10-2-3-15(20)11-22;;/h4-7,15H,2-3,8-11,20H2,1H3;2*1H. The number of hydrogen-bond acceptors (Lipinski definition) is 4. The average molecular weight is 465 g/mol. The second-order valence-corrected chi connectivity index (χ2v) is 7.19. The topological polar surface area (TPSA) is 72.4 Å². The van der Waals surface area contributed by atoms with Gasteiger partial charge in [0.1, 0.15) is 0 Å². The molecule has 3 rings (SSSR count). The summed E-state index contributed by atoms with van der Waals surface area (Å²) in [4.78, 5) is 18.6. The van der Waals surface area contributed by atoms with Crippen LogP contribution in [0.3, 0.4) is 0 Å². The Morgan fingerprint density at radius 2 is 2.04 bits per heavy atom. The molecule has 1 unspecified atom stereocenters. The molecule has 0 radical (unpaired) electrons. The first kappa shape index (κ1) is 23.0. The number of carbonyl (C=O) groups is 1. The summed E-state index contributed by atoms with van der Waals surface area (Å²) in [5, 5.41) is 0. The number of oxazole rings is 1. The lowest BCUT2D eigenvalue weighted by Crippen LogP contribution is -2.45. The van der Waals surface area contributed by atoms with E-state index in [0.717, 1.165) is 40.9 Å². The number of nitrogens with two attached hydrogens (primary N) is 1. The first-order chi connectivity index (χ1) is 11.5. The second kappa shape index (κ2) is 10.3. The molecule has 26 heavy (non-hydrogen) atoms. The van der Waals surface area contributed by atoms with E-state index in [1.54, 1.807) is 0 Å². The van der Waals surface area contributed by atoms with Crippen LogP contribution in [-0.4, -0.2) is 34.9 Å². The molecular weight excluding hydrogens is 441 g/mol. The van der Waals surface area contributed by atoms with Gasteiger partial charge < -0.3 is 15.1 Å². The zero-order valence-corrected chi connectivity index (χ0v) is 17.8. The Bertz CT molecular complexity index is 722. The molecule has 1 aromatic carbocycles. The fourth-order valence-corrected chi connectivity index (χ4v) is 3.30. The molecule has 0 saturated carbocycles. The maximum atomic E-state index is 12.3. The van der Waals surface area contributed by atoms with Crippen molar-refractivity contribution in [1.82, 2.24) is 9.88 Å².